The number of hydrogen-bond donors (Lipinski definition) is 1. The van der Waals surface area contributed by atoms with E-state index >= 15 is 0 Å². The van der Waals surface area contributed by atoms with Crippen molar-refractivity contribution in [2.24, 2.45) is 0 Å². The Morgan fingerprint density at radius 3 is 2.09 bits per heavy atom. The lowest BCUT2D eigenvalue weighted by Gasteiger charge is -2.02. The summed E-state index contributed by atoms with van der Waals surface area (Å²) in [4.78, 5) is 0. The number of aliphatic hydroxyl groups is 1. The van der Waals surface area contributed by atoms with Gasteiger partial charge in [0.2, 0.25) is 0 Å². The molecule has 4 heteroatoms. The van der Waals surface area contributed by atoms with Gasteiger partial charge in [0.25, 0.3) is 0 Å². The third-order valence-corrected chi connectivity index (χ3v) is 1.48. The van der Waals surface area contributed by atoms with Gasteiger partial charge < -0.3 is 5.11 Å². The van der Waals surface area contributed by atoms with E-state index in [2.05, 4.69) is 14.9 Å². The van der Waals surface area contributed by atoms with Gasteiger partial charge in [0.05, 0.1) is 6.10 Å². The lowest BCUT2D eigenvalue weighted by Crippen LogP contribution is -1.99. The first-order valence-corrected chi connectivity index (χ1v) is 3.63. The van der Waals surface area contributed by atoms with E-state index in [0.717, 1.165) is 5.69 Å². The summed E-state index contributed by atoms with van der Waals surface area (Å²) in [6, 6.07) is 0. The highest BCUT2D eigenvalue weighted by molar-refractivity contribution is 5.13. The van der Waals surface area contributed by atoms with E-state index in [9.17, 15) is 5.11 Å². The van der Waals surface area contributed by atoms with Crippen LogP contribution in [0, 0.1) is 0 Å². The number of aliphatic hydroxyl groups excluding tert-OH is 1. The molecule has 0 amide bonds. The number of rotatable bonds is 2. The van der Waals surface area contributed by atoms with Crippen molar-refractivity contribution in [3.8, 4) is 0 Å². The van der Waals surface area contributed by atoms with Crippen molar-refractivity contribution in [1.29, 1.82) is 0 Å². The summed E-state index contributed by atoms with van der Waals surface area (Å²) < 4.78 is 4.51. The van der Waals surface area contributed by atoms with E-state index in [4.69, 9.17) is 0 Å². The van der Waals surface area contributed by atoms with Gasteiger partial charge in [-0.1, -0.05) is 24.2 Å². The van der Waals surface area contributed by atoms with Crippen molar-refractivity contribution in [2.45, 2.75) is 32.8 Å². The fourth-order valence-corrected chi connectivity index (χ4v) is 0.893. The zero-order valence-electron chi connectivity index (χ0n) is 6.90. The molecule has 11 heavy (non-hydrogen) atoms. The van der Waals surface area contributed by atoms with Gasteiger partial charge >= 0.3 is 0 Å². The molecule has 0 aromatic carbocycles. The minimum Gasteiger partial charge on any atom is -0.387 e. The Morgan fingerprint density at radius 2 is 1.73 bits per heavy atom. The lowest BCUT2D eigenvalue weighted by molar-refractivity contribution is 0.184. The molecule has 1 heterocycles. The van der Waals surface area contributed by atoms with Gasteiger partial charge in [0.15, 0.2) is 0 Å². The van der Waals surface area contributed by atoms with E-state index in [-0.39, 0.29) is 5.92 Å². The van der Waals surface area contributed by atoms with Crippen LogP contribution in [-0.2, 0) is 0 Å². The first kappa shape index (κ1) is 8.20. The average Bonchev–Trinajstić information content (AvgIpc) is 2.32. The van der Waals surface area contributed by atoms with Crippen LogP contribution in [0.3, 0.4) is 0 Å². The summed E-state index contributed by atoms with van der Waals surface area (Å²) in [6.07, 6.45) is -0.598. The van der Waals surface area contributed by atoms with Crippen molar-refractivity contribution in [1.82, 2.24) is 10.3 Å². The molecule has 1 aromatic rings. The molecule has 0 radical (unpaired) electrons. The second kappa shape index (κ2) is 3.00. The molecule has 1 atom stereocenters. The highest BCUT2D eigenvalue weighted by Crippen LogP contribution is 2.20. The molecule has 1 N–H and O–H groups in total. The molecule has 0 aliphatic rings. The predicted octanol–water partition coefficient (Wildman–Crippen LogP) is 1.25. The summed E-state index contributed by atoms with van der Waals surface area (Å²) in [5, 5.41) is 16.5. The van der Waals surface area contributed by atoms with E-state index in [1.54, 1.807) is 6.92 Å². The van der Waals surface area contributed by atoms with Crippen LogP contribution in [0.15, 0.2) is 4.63 Å². The smallest absolute Gasteiger partial charge is 0.136 e. The van der Waals surface area contributed by atoms with Crippen molar-refractivity contribution >= 4 is 0 Å². The third-order valence-electron chi connectivity index (χ3n) is 1.48. The average molecular weight is 156 g/mol. The fourth-order valence-electron chi connectivity index (χ4n) is 0.893. The Morgan fingerprint density at radius 1 is 1.18 bits per heavy atom. The van der Waals surface area contributed by atoms with E-state index in [0.29, 0.717) is 5.69 Å². The molecule has 0 aliphatic heterocycles. The van der Waals surface area contributed by atoms with Crippen LogP contribution in [-0.4, -0.2) is 15.4 Å². The van der Waals surface area contributed by atoms with Crippen LogP contribution in [0.2, 0.25) is 0 Å². The van der Waals surface area contributed by atoms with Gasteiger partial charge in [-0.25, -0.2) is 4.63 Å². The molecule has 1 rings (SSSR count). The van der Waals surface area contributed by atoms with Gasteiger partial charge in [-0.2, -0.15) is 0 Å². The SMILES string of the molecule is CC(C)c1nonc1C(C)O. The molecule has 62 valence electrons. The topological polar surface area (TPSA) is 59.2 Å². The lowest BCUT2D eigenvalue weighted by atomic mass is 10.1. The molecule has 0 fully saturated rings. The third kappa shape index (κ3) is 1.57. The molecule has 0 spiro atoms. The van der Waals surface area contributed by atoms with Crippen molar-refractivity contribution in [3.63, 3.8) is 0 Å². The summed E-state index contributed by atoms with van der Waals surface area (Å²) in [7, 11) is 0. The Hall–Kier alpha value is -0.900. The minimum absolute atomic E-state index is 0.242. The molecule has 0 aliphatic carbocycles. The molecule has 0 saturated heterocycles. The molecular weight excluding hydrogens is 144 g/mol. The number of hydrogen-bond acceptors (Lipinski definition) is 4. The van der Waals surface area contributed by atoms with Crippen LogP contribution in [0.4, 0.5) is 0 Å². The molecule has 0 saturated carbocycles. The molecule has 1 aromatic heterocycles. The predicted molar refractivity (Wildman–Crippen MR) is 39.0 cm³/mol. The Balaban J connectivity index is 2.96. The van der Waals surface area contributed by atoms with Gasteiger partial charge in [0, 0.05) is 5.92 Å². The summed E-state index contributed by atoms with van der Waals surface area (Å²) in [5.41, 5.74) is 1.28. The van der Waals surface area contributed by atoms with Crippen LogP contribution in [0.25, 0.3) is 0 Å². The van der Waals surface area contributed by atoms with Crippen LogP contribution >= 0.6 is 0 Å². The molecule has 0 bridgehead atoms. The molecule has 4 nitrogen and oxygen atoms in total. The first-order chi connectivity index (χ1) is 5.13. The quantitative estimate of drug-likeness (QED) is 0.700. The van der Waals surface area contributed by atoms with Crippen molar-refractivity contribution in [2.75, 3.05) is 0 Å². The van der Waals surface area contributed by atoms with Gasteiger partial charge in [0.1, 0.15) is 11.4 Å². The van der Waals surface area contributed by atoms with Crippen molar-refractivity contribution < 1.29 is 9.74 Å². The van der Waals surface area contributed by atoms with E-state index < -0.39 is 6.10 Å². The first-order valence-electron chi connectivity index (χ1n) is 3.63. The summed E-state index contributed by atoms with van der Waals surface area (Å²) in [6.45, 7) is 5.60. The van der Waals surface area contributed by atoms with Crippen LogP contribution in [0.5, 0.6) is 0 Å². The largest absolute Gasteiger partial charge is 0.387 e. The normalized spacial score (nSPS) is 13.9. The van der Waals surface area contributed by atoms with Crippen molar-refractivity contribution in [3.05, 3.63) is 11.4 Å². The second-order valence-corrected chi connectivity index (χ2v) is 2.87. The maximum atomic E-state index is 9.18. The summed E-state index contributed by atoms with van der Waals surface area (Å²) >= 11 is 0. The zero-order chi connectivity index (χ0) is 8.43. The maximum Gasteiger partial charge on any atom is 0.136 e. The maximum absolute atomic E-state index is 9.18. The van der Waals surface area contributed by atoms with Gasteiger partial charge in [-0.05, 0) is 6.92 Å². The minimum atomic E-state index is -0.598. The standard InChI is InChI=1S/C7H12N2O2/c1-4(2)6-7(5(3)10)9-11-8-6/h4-5,10H,1-3H3. The van der Waals surface area contributed by atoms with Gasteiger partial charge in [-0.3, -0.25) is 0 Å². The number of nitrogens with zero attached hydrogens (tertiary/aromatic N) is 2. The number of aromatic nitrogens is 2. The van der Waals surface area contributed by atoms with Crippen LogP contribution < -0.4 is 0 Å². The fraction of sp³-hybridized carbons (Fsp3) is 0.714. The monoisotopic (exact) mass is 156 g/mol. The highest BCUT2D eigenvalue weighted by atomic mass is 16.6. The van der Waals surface area contributed by atoms with Gasteiger partial charge in [-0.15, -0.1) is 0 Å². The van der Waals surface area contributed by atoms with E-state index in [1.807, 2.05) is 13.8 Å². The molecular formula is C7H12N2O2. The van der Waals surface area contributed by atoms with E-state index in [1.165, 1.54) is 0 Å². The Labute approximate surface area is 65.2 Å². The zero-order valence-corrected chi connectivity index (χ0v) is 6.90. The Bertz CT molecular complexity index is 208. The Kier molecular flexibility index (Phi) is 2.24. The highest BCUT2D eigenvalue weighted by Gasteiger charge is 2.16. The second-order valence-electron chi connectivity index (χ2n) is 2.87. The van der Waals surface area contributed by atoms with Crippen LogP contribution in [0.1, 0.15) is 44.2 Å². The summed E-state index contributed by atoms with van der Waals surface area (Å²) in [5.74, 6) is 0.242. The molecule has 1 unspecified atom stereocenters.